The minimum absolute atomic E-state index is 0.160. The highest BCUT2D eigenvalue weighted by atomic mass is 19.4. The van der Waals surface area contributed by atoms with Crippen LogP contribution in [0.25, 0.3) is 0 Å². The van der Waals surface area contributed by atoms with Crippen LogP contribution in [0.1, 0.15) is 25.7 Å². The number of amides is 1. The highest BCUT2D eigenvalue weighted by Crippen LogP contribution is 2.20. The molecule has 0 aromatic rings. The Balaban J connectivity index is 1.96. The van der Waals surface area contributed by atoms with Crippen LogP contribution in [0, 0.1) is 0 Å². The highest BCUT2D eigenvalue weighted by molar-refractivity contribution is 5.67. The molecular weight excluding hydrogens is 239 g/mol. The summed E-state index contributed by atoms with van der Waals surface area (Å²) in [7, 11) is 0. The Morgan fingerprint density at radius 1 is 1.29 bits per heavy atom. The molecule has 0 saturated heterocycles. The van der Waals surface area contributed by atoms with Crippen molar-refractivity contribution in [1.82, 2.24) is 5.32 Å². The smallest absolute Gasteiger partial charge is 0.422 e. The first kappa shape index (κ1) is 14.1. The number of ether oxygens (including phenoxy) is 2. The molecule has 0 aromatic carbocycles. The zero-order valence-electron chi connectivity index (χ0n) is 9.39. The molecule has 0 atom stereocenters. The molecule has 0 aromatic heterocycles. The van der Waals surface area contributed by atoms with E-state index in [0.29, 0.717) is 6.61 Å². The van der Waals surface area contributed by atoms with E-state index in [1.807, 2.05) is 0 Å². The second-order valence-corrected chi connectivity index (χ2v) is 3.90. The van der Waals surface area contributed by atoms with E-state index in [4.69, 9.17) is 4.74 Å². The summed E-state index contributed by atoms with van der Waals surface area (Å²) in [6, 6.07) is 0. The third-order valence-corrected chi connectivity index (χ3v) is 2.39. The lowest BCUT2D eigenvalue weighted by Gasteiger charge is -2.12. The Morgan fingerprint density at radius 3 is 2.53 bits per heavy atom. The van der Waals surface area contributed by atoms with Gasteiger partial charge in [-0.3, -0.25) is 0 Å². The molecule has 1 amide bonds. The summed E-state index contributed by atoms with van der Waals surface area (Å²) in [6.07, 6.45) is -1.02. The van der Waals surface area contributed by atoms with E-state index in [2.05, 4.69) is 10.1 Å². The Bertz CT molecular complexity index is 239. The maximum Gasteiger partial charge on any atom is 0.422 e. The number of rotatable bonds is 5. The molecule has 1 aliphatic rings. The lowest BCUT2D eigenvalue weighted by atomic mass is 10.3. The van der Waals surface area contributed by atoms with Gasteiger partial charge in [-0.25, -0.2) is 4.79 Å². The van der Waals surface area contributed by atoms with E-state index in [0.717, 1.165) is 25.7 Å². The van der Waals surface area contributed by atoms with Crippen LogP contribution in [0.5, 0.6) is 0 Å². The molecule has 0 bridgehead atoms. The molecule has 7 heteroatoms. The lowest BCUT2D eigenvalue weighted by Crippen LogP contribution is -2.31. The average Bonchev–Trinajstić information content (AvgIpc) is 2.73. The van der Waals surface area contributed by atoms with E-state index in [1.165, 1.54) is 0 Å². The molecule has 17 heavy (non-hydrogen) atoms. The molecule has 1 N–H and O–H groups in total. The van der Waals surface area contributed by atoms with Gasteiger partial charge in [0.15, 0.2) is 6.61 Å². The van der Waals surface area contributed by atoms with Gasteiger partial charge in [-0.05, 0) is 12.8 Å². The second kappa shape index (κ2) is 6.68. The molecule has 1 aliphatic carbocycles. The Morgan fingerprint density at radius 2 is 1.94 bits per heavy atom. The van der Waals surface area contributed by atoms with Gasteiger partial charge in [0.2, 0.25) is 0 Å². The van der Waals surface area contributed by atoms with Crippen molar-refractivity contribution in [3.63, 3.8) is 0 Å². The van der Waals surface area contributed by atoms with Crippen molar-refractivity contribution in [3.05, 3.63) is 0 Å². The number of hydrogen-bond acceptors (Lipinski definition) is 3. The molecule has 0 spiro atoms. The van der Waals surface area contributed by atoms with Gasteiger partial charge in [-0.15, -0.1) is 0 Å². The Kier molecular flexibility index (Phi) is 5.54. The van der Waals surface area contributed by atoms with Crippen LogP contribution >= 0.6 is 0 Å². The van der Waals surface area contributed by atoms with Crippen molar-refractivity contribution in [2.24, 2.45) is 0 Å². The SMILES string of the molecule is O=C(NCCOC1CCCC1)OCC(F)(F)F. The van der Waals surface area contributed by atoms with Crippen LogP contribution in [-0.2, 0) is 9.47 Å². The first-order valence-corrected chi connectivity index (χ1v) is 5.56. The van der Waals surface area contributed by atoms with Crippen molar-refractivity contribution in [2.75, 3.05) is 19.8 Å². The van der Waals surface area contributed by atoms with Gasteiger partial charge in [0.25, 0.3) is 0 Å². The fraction of sp³-hybridized carbons (Fsp3) is 0.900. The van der Waals surface area contributed by atoms with Gasteiger partial charge in [0.05, 0.1) is 12.7 Å². The molecule has 1 rings (SSSR count). The summed E-state index contributed by atoms with van der Waals surface area (Å²) in [5.41, 5.74) is 0. The van der Waals surface area contributed by atoms with Crippen LogP contribution in [0.3, 0.4) is 0 Å². The summed E-state index contributed by atoms with van der Waals surface area (Å²) in [4.78, 5) is 10.8. The maximum absolute atomic E-state index is 11.7. The molecule has 0 aliphatic heterocycles. The van der Waals surface area contributed by atoms with E-state index < -0.39 is 18.9 Å². The molecular formula is C10H16F3NO3. The standard InChI is InChI=1S/C10H16F3NO3/c11-10(12,13)7-17-9(15)14-5-6-16-8-3-1-2-4-8/h8H,1-7H2,(H,14,15). The van der Waals surface area contributed by atoms with E-state index in [9.17, 15) is 18.0 Å². The van der Waals surface area contributed by atoms with Gasteiger partial charge in [0.1, 0.15) is 0 Å². The van der Waals surface area contributed by atoms with Gasteiger partial charge in [-0.2, -0.15) is 13.2 Å². The highest BCUT2D eigenvalue weighted by Gasteiger charge is 2.29. The molecule has 0 heterocycles. The van der Waals surface area contributed by atoms with Crippen LogP contribution in [-0.4, -0.2) is 38.1 Å². The lowest BCUT2D eigenvalue weighted by molar-refractivity contribution is -0.160. The number of nitrogens with one attached hydrogen (secondary N) is 1. The molecule has 1 saturated carbocycles. The number of halogens is 3. The first-order valence-electron chi connectivity index (χ1n) is 5.56. The topological polar surface area (TPSA) is 47.6 Å². The van der Waals surface area contributed by atoms with Gasteiger partial charge in [-0.1, -0.05) is 12.8 Å². The number of alkyl carbamates (subject to hydrolysis) is 1. The van der Waals surface area contributed by atoms with Crippen molar-refractivity contribution < 1.29 is 27.4 Å². The second-order valence-electron chi connectivity index (χ2n) is 3.90. The van der Waals surface area contributed by atoms with Crippen LogP contribution in [0.15, 0.2) is 0 Å². The average molecular weight is 255 g/mol. The van der Waals surface area contributed by atoms with E-state index in [1.54, 1.807) is 0 Å². The molecule has 1 fully saturated rings. The van der Waals surface area contributed by atoms with Crippen molar-refractivity contribution in [3.8, 4) is 0 Å². The van der Waals surface area contributed by atoms with Crippen molar-refractivity contribution in [2.45, 2.75) is 38.0 Å². The van der Waals surface area contributed by atoms with Crippen LogP contribution in [0.2, 0.25) is 0 Å². The third-order valence-electron chi connectivity index (χ3n) is 2.39. The quantitative estimate of drug-likeness (QED) is 0.766. The zero-order chi connectivity index (χ0) is 12.7. The van der Waals surface area contributed by atoms with Crippen molar-refractivity contribution >= 4 is 6.09 Å². The molecule has 0 radical (unpaired) electrons. The normalized spacial score (nSPS) is 17.1. The minimum atomic E-state index is -4.49. The Hall–Kier alpha value is -0.980. The summed E-state index contributed by atoms with van der Waals surface area (Å²) in [5, 5.41) is 2.19. The summed E-state index contributed by atoms with van der Waals surface area (Å²) in [5.74, 6) is 0. The summed E-state index contributed by atoms with van der Waals surface area (Å²) < 4.78 is 44.4. The molecule has 0 unspecified atom stereocenters. The van der Waals surface area contributed by atoms with Gasteiger partial charge < -0.3 is 14.8 Å². The zero-order valence-corrected chi connectivity index (χ0v) is 9.39. The van der Waals surface area contributed by atoms with Crippen LogP contribution in [0.4, 0.5) is 18.0 Å². The number of carbonyl (C=O) groups excluding carboxylic acids is 1. The number of carbonyl (C=O) groups is 1. The van der Waals surface area contributed by atoms with E-state index in [-0.39, 0.29) is 12.6 Å². The summed E-state index contributed by atoms with van der Waals surface area (Å²) in [6.45, 7) is -1.11. The van der Waals surface area contributed by atoms with E-state index >= 15 is 0 Å². The third kappa shape index (κ3) is 7.04. The first-order chi connectivity index (χ1) is 7.97. The Labute approximate surface area is 97.5 Å². The fourth-order valence-electron chi connectivity index (χ4n) is 1.63. The monoisotopic (exact) mass is 255 g/mol. The minimum Gasteiger partial charge on any atom is -0.440 e. The van der Waals surface area contributed by atoms with Gasteiger partial charge in [0, 0.05) is 6.54 Å². The predicted octanol–water partition coefficient (Wildman–Crippen LogP) is 2.23. The largest absolute Gasteiger partial charge is 0.440 e. The predicted molar refractivity (Wildman–Crippen MR) is 53.6 cm³/mol. The molecule has 100 valence electrons. The number of alkyl halides is 3. The summed E-state index contributed by atoms with van der Waals surface area (Å²) >= 11 is 0. The molecule has 4 nitrogen and oxygen atoms in total. The number of hydrogen-bond donors (Lipinski definition) is 1. The van der Waals surface area contributed by atoms with Gasteiger partial charge >= 0.3 is 12.3 Å². The fourth-order valence-corrected chi connectivity index (χ4v) is 1.63. The van der Waals surface area contributed by atoms with Crippen LogP contribution < -0.4 is 5.32 Å². The van der Waals surface area contributed by atoms with Crippen molar-refractivity contribution in [1.29, 1.82) is 0 Å². The maximum atomic E-state index is 11.7.